The van der Waals surface area contributed by atoms with Gasteiger partial charge >= 0.3 is 0 Å². The van der Waals surface area contributed by atoms with Crippen LogP contribution in [0.5, 0.6) is 0 Å². The van der Waals surface area contributed by atoms with Crippen LogP contribution >= 0.6 is 11.6 Å². The molecule has 1 rings (SSSR count). The highest BCUT2D eigenvalue weighted by Crippen LogP contribution is 2.28. The number of rotatable bonds is 4. The molecule has 0 heterocycles. The van der Waals surface area contributed by atoms with Gasteiger partial charge in [0.25, 0.3) is 0 Å². The van der Waals surface area contributed by atoms with Crippen LogP contribution in [0.1, 0.15) is 25.8 Å². The van der Waals surface area contributed by atoms with E-state index in [9.17, 15) is 4.79 Å². The minimum absolute atomic E-state index is 0.00720. The second kappa shape index (κ2) is 4.61. The predicted octanol–water partition coefficient (Wildman–Crippen LogP) is 3.50. The minimum Gasteiger partial charge on any atom is -0.303 e. The van der Waals surface area contributed by atoms with E-state index in [2.05, 4.69) is 13.8 Å². The summed E-state index contributed by atoms with van der Waals surface area (Å²) in [5, 5.41) is 0.784. The van der Waals surface area contributed by atoms with Crippen molar-refractivity contribution in [2.75, 3.05) is 0 Å². The summed E-state index contributed by atoms with van der Waals surface area (Å²) in [4.78, 5) is 10.5. The standard InChI is InChI=1S/C12H15ClO/c1-12(2,7-8-14)9-10-5-3-4-6-11(10)13/h3-6,8H,7,9H2,1-2H3. The third-order valence-electron chi connectivity index (χ3n) is 2.26. The number of carbonyl (C=O) groups excluding carboxylic acids is 1. The summed E-state index contributed by atoms with van der Waals surface area (Å²) in [6.07, 6.45) is 2.38. The van der Waals surface area contributed by atoms with E-state index in [0.717, 1.165) is 23.3 Å². The Morgan fingerprint density at radius 1 is 1.36 bits per heavy atom. The highest BCUT2D eigenvalue weighted by atomic mass is 35.5. The van der Waals surface area contributed by atoms with Crippen LogP contribution in [0.2, 0.25) is 5.02 Å². The van der Waals surface area contributed by atoms with Gasteiger partial charge in [0.05, 0.1) is 0 Å². The lowest BCUT2D eigenvalue weighted by atomic mass is 9.83. The van der Waals surface area contributed by atoms with E-state index < -0.39 is 0 Å². The summed E-state index contributed by atoms with van der Waals surface area (Å²) in [5.74, 6) is 0. The van der Waals surface area contributed by atoms with E-state index >= 15 is 0 Å². The molecule has 1 aromatic rings. The van der Waals surface area contributed by atoms with Crippen molar-refractivity contribution in [3.63, 3.8) is 0 Å². The van der Waals surface area contributed by atoms with Gasteiger partial charge in [0.15, 0.2) is 0 Å². The fraction of sp³-hybridized carbons (Fsp3) is 0.417. The lowest BCUT2D eigenvalue weighted by molar-refractivity contribution is -0.109. The molecule has 0 aliphatic heterocycles. The van der Waals surface area contributed by atoms with E-state index in [1.807, 2.05) is 24.3 Å². The van der Waals surface area contributed by atoms with Gasteiger partial charge < -0.3 is 4.79 Å². The van der Waals surface area contributed by atoms with Crippen LogP contribution in [0.4, 0.5) is 0 Å². The number of hydrogen-bond acceptors (Lipinski definition) is 1. The first-order valence-electron chi connectivity index (χ1n) is 4.72. The Morgan fingerprint density at radius 2 is 2.00 bits per heavy atom. The highest BCUT2D eigenvalue weighted by Gasteiger charge is 2.18. The van der Waals surface area contributed by atoms with E-state index in [1.165, 1.54) is 0 Å². The average molecular weight is 211 g/mol. The smallest absolute Gasteiger partial charge is 0.120 e. The fourth-order valence-electron chi connectivity index (χ4n) is 1.46. The molecular formula is C12H15ClO. The lowest BCUT2D eigenvalue weighted by Gasteiger charge is -2.22. The molecule has 2 heteroatoms. The summed E-state index contributed by atoms with van der Waals surface area (Å²) < 4.78 is 0. The van der Waals surface area contributed by atoms with Crippen molar-refractivity contribution in [1.82, 2.24) is 0 Å². The molecule has 0 fully saturated rings. The van der Waals surface area contributed by atoms with Gasteiger partial charge in [-0.15, -0.1) is 0 Å². The van der Waals surface area contributed by atoms with Crippen LogP contribution in [0.3, 0.4) is 0 Å². The number of aldehydes is 1. The Bertz CT molecular complexity index is 318. The molecule has 0 unspecified atom stereocenters. The van der Waals surface area contributed by atoms with Crippen LogP contribution in [-0.4, -0.2) is 6.29 Å². The van der Waals surface area contributed by atoms with Crippen molar-refractivity contribution >= 4 is 17.9 Å². The molecule has 76 valence electrons. The molecule has 0 atom stereocenters. The second-order valence-electron chi connectivity index (χ2n) is 4.30. The van der Waals surface area contributed by atoms with Gasteiger partial charge in [-0.3, -0.25) is 0 Å². The average Bonchev–Trinajstić information content (AvgIpc) is 2.08. The predicted molar refractivity (Wildman–Crippen MR) is 59.6 cm³/mol. The number of halogens is 1. The van der Waals surface area contributed by atoms with Gasteiger partial charge in [-0.05, 0) is 23.5 Å². The van der Waals surface area contributed by atoms with Crippen LogP contribution in [0.25, 0.3) is 0 Å². The minimum atomic E-state index is -0.00720. The maximum Gasteiger partial charge on any atom is 0.120 e. The van der Waals surface area contributed by atoms with Crippen molar-refractivity contribution in [2.24, 2.45) is 5.41 Å². The summed E-state index contributed by atoms with van der Waals surface area (Å²) in [5.41, 5.74) is 1.10. The van der Waals surface area contributed by atoms with Gasteiger partial charge in [0.2, 0.25) is 0 Å². The number of carbonyl (C=O) groups is 1. The Kier molecular flexibility index (Phi) is 3.70. The van der Waals surface area contributed by atoms with E-state index in [4.69, 9.17) is 11.6 Å². The maximum absolute atomic E-state index is 10.5. The van der Waals surface area contributed by atoms with Crippen LogP contribution in [0, 0.1) is 5.41 Å². The fourth-order valence-corrected chi connectivity index (χ4v) is 1.66. The van der Waals surface area contributed by atoms with Gasteiger partial charge in [0, 0.05) is 11.4 Å². The van der Waals surface area contributed by atoms with E-state index in [0.29, 0.717) is 6.42 Å². The van der Waals surface area contributed by atoms with Crippen molar-refractivity contribution in [3.05, 3.63) is 34.9 Å². The summed E-state index contributed by atoms with van der Waals surface area (Å²) >= 11 is 6.04. The number of benzene rings is 1. The summed E-state index contributed by atoms with van der Waals surface area (Å²) in [7, 11) is 0. The third-order valence-corrected chi connectivity index (χ3v) is 2.63. The Hall–Kier alpha value is -0.820. The molecule has 0 aliphatic carbocycles. The molecule has 0 aromatic heterocycles. The molecule has 0 N–H and O–H groups in total. The molecule has 0 bridgehead atoms. The highest BCUT2D eigenvalue weighted by molar-refractivity contribution is 6.31. The van der Waals surface area contributed by atoms with Gasteiger partial charge in [-0.25, -0.2) is 0 Å². The molecule has 0 saturated heterocycles. The largest absolute Gasteiger partial charge is 0.303 e. The monoisotopic (exact) mass is 210 g/mol. The zero-order valence-electron chi connectivity index (χ0n) is 8.59. The maximum atomic E-state index is 10.5. The van der Waals surface area contributed by atoms with Crippen molar-refractivity contribution < 1.29 is 4.79 Å². The molecule has 0 amide bonds. The summed E-state index contributed by atoms with van der Waals surface area (Å²) in [6.45, 7) is 4.15. The van der Waals surface area contributed by atoms with Crippen LogP contribution < -0.4 is 0 Å². The molecule has 0 radical (unpaired) electrons. The van der Waals surface area contributed by atoms with Crippen molar-refractivity contribution in [3.8, 4) is 0 Å². The van der Waals surface area contributed by atoms with E-state index in [1.54, 1.807) is 0 Å². The molecule has 1 nitrogen and oxygen atoms in total. The molecule has 14 heavy (non-hydrogen) atoms. The first kappa shape index (κ1) is 11.3. The Labute approximate surface area is 90.1 Å². The lowest BCUT2D eigenvalue weighted by Crippen LogP contribution is -2.15. The first-order valence-corrected chi connectivity index (χ1v) is 5.10. The molecule has 1 aromatic carbocycles. The van der Waals surface area contributed by atoms with Gasteiger partial charge in [-0.1, -0.05) is 43.6 Å². The molecular weight excluding hydrogens is 196 g/mol. The van der Waals surface area contributed by atoms with Crippen molar-refractivity contribution in [2.45, 2.75) is 26.7 Å². The third kappa shape index (κ3) is 3.15. The summed E-state index contributed by atoms with van der Waals surface area (Å²) in [6, 6.07) is 7.78. The Morgan fingerprint density at radius 3 is 2.57 bits per heavy atom. The zero-order valence-corrected chi connectivity index (χ0v) is 9.34. The Balaban J connectivity index is 2.78. The molecule has 0 saturated carbocycles. The van der Waals surface area contributed by atoms with Crippen molar-refractivity contribution in [1.29, 1.82) is 0 Å². The van der Waals surface area contributed by atoms with Gasteiger partial charge in [0.1, 0.15) is 6.29 Å². The first-order chi connectivity index (χ1) is 6.55. The van der Waals surface area contributed by atoms with Gasteiger partial charge in [-0.2, -0.15) is 0 Å². The zero-order chi connectivity index (χ0) is 10.6. The van der Waals surface area contributed by atoms with E-state index in [-0.39, 0.29) is 5.41 Å². The van der Waals surface area contributed by atoms with Crippen LogP contribution in [-0.2, 0) is 11.2 Å². The normalized spacial score (nSPS) is 11.4. The topological polar surface area (TPSA) is 17.1 Å². The second-order valence-corrected chi connectivity index (χ2v) is 4.71. The SMILES string of the molecule is CC(C)(CC=O)Cc1ccccc1Cl. The van der Waals surface area contributed by atoms with Crippen LogP contribution in [0.15, 0.2) is 24.3 Å². The number of hydrogen-bond donors (Lipinski definition) is 0. The molecule has 0 spiro atoms. The quantitative estimate of drug-likeness (QED) is 0.696. The molecule has 0 aliphatic rings.